The second-order valence-corrected chi connectivity index (χ2v) is 8.65. The van der Waals surface area contributed by atoms with Crippen molar-refractivity contribution in [2.24, 2.45) is 0 Å². The van der Waals surface area contributed by atoms with Crippen LogP contribution in [0.15, 0.2) is 76.0 Å². The lowest BCUT2D eigenvalue weighted by molar-refractivity contribution is -0.137. The zero-order valence-corrected chi connectivity index (χ0v) is 20.2. The molecule has 0 aliphatic rings. The molecular weight excluding hydrogens is 529 g/mol. The highest BCUT2D eigenvalue weighted by molar-refractivity contribution is 6.09. The van der Waals surface area contributed by atoms with Crippen LogP contribution in [0.4, 0.5) is 24.5 Å². The predicted molar refractivity (Wildman–Crippen MR) is 137 cm³/mol. The molecular formula is C27H17F3N6O4. The second kappa shape index (κ2) is 10.3. The number of alkyl halides is 3. The summed E-state index contributed by atoms with van der Waals surface area (Å²) in [5, 5.41) is 18.8. The highest BCUT2D eigenvalue weighted by Gasteiger charge is 2.30. The van der Waals surface area contributed by atoms with Gasteiger partial charge in [0.1, 0.15) is 5.69 Å². The molecule has 0 unspecified atom stereocenters. The van der Waals surface area contributed by atoms with Gasteiger partial charge in [0.2, 0.25) is 5.91 Å². The maximum Gasteiger partial charge on any atom is 0.439 e. The van der Waals surface area contributed by atoms with E-state index in [0.29, 0.717) is 16.6 Å². The minimum Gasteiger partial charge on any atom is -0.349 e. The number of anilines is 2. The van der Waals surface area contributed by atoms with Gasteiger partial charge in [-0.05, 0) is 42.0 Å². The topological polar surface area (TPSA) is 157 Å². The Bertz CT molecular complexity index is 1860. The minimum absolute atomic E-state index is 0.0137. The summed E-state index contributed by atoms with van der Waals surface area (Å²) in [7, 11) is 0. The molecule has 0 radical (unpaired) electrons. The van der Waals surface area contributed by atoms with Crippen molar-refractivity contribution in [2.75, 3.05) is 10.6 Å². The number of nitriles is 1. The first kappa shape index (κ1) is 26.0. The van der Waals surface area contributed by atoms with Crippen LogP contribution in [0.25, 0.3) is 22.3 Å². The maximum atomic E-state index is 13.1. The summed E-state index contributed by atoms with van der Waals surface area (Å²) in [5.74, 6) is -1.92. The number of nitrogens with one attached hydrogen (secondary N) is 4. The van der Waals surface area contributed by atoms with Gasteiger partial charge in [0.25, 0.3) is 5.91 Å². The van der Waals surface area contributed by atoms with Crippen molar-refractivity contribution in [3.05, 3.63) is 99.7 Å². The third-order valence-corrected chi connectivity index (χ3v) is 5.89. The lowest BCUT2D eigenvalue weighted by Gasteiger charge is -2.10. The predicted octanol–water partition coefficient (Wildman–Crippen LogP) is 4.84. The van der Waals surface area contributed by atoms with Crippen molar-refractivity contribution in [2.45, 2.75) is 12.6 Å². The molecule has 0 aliphatic heterocycles. The minimum atomic E-state index is -4.52. The van der Waals surface area contributed by atoms with E-state index in [1.165, 1.54) is 30.3 Å². The Labute approximate surface area is 222 Å². The van der Waals surface area contributed by atoms with Crippen LogP contribution in [-0.2, 0) is 17.4 Å². The fourth-order valence-corrected chi connectivity index (χ4v) is 4.07. The Balaban J connectivity index is 1.37. The molecule has 2 amide bonds. The van der Waals surface area contributed by atoms with Crippen LogP contribution in [0.1, 0.15) is 27.2 Å². The summed E-state index contributed by atoms with van der Waals surface area (Å²) in [6.45, 7) is 0. The quantitative estimate of drug-likeness (QED) is 0.239. The summed E-state index contributed by atoms with van der Waals surface area (Å²) < 4.78 is 43.5. The Morgan fingerprint density at radius 3 is 2.50 bits per heavy atom. The van der Waals surface area contributed by atoms with Crippen LogP contribution in [0.3, 0.4) is 0 Å². The summed E-state index contributed by atoms with van der Waals surface area (Å²) in [6.07, 6.45) is -4.82. The van der Waals surface area contributed by atoms with Gasteiger partial charge in [-0.3, -0.25) is 19.1 Å². The number of fused-ring (bicyclic) bond motifs is 1. The van der Waals surface area contributed by atoms with Crippen LogP contribution < -0.4 is 16.4 Å². The number of nitrogens with zero attached hydrogens (tertiary/aromatic N) is 2. The zero-order valence-electron chi connectivity index (χ0n) is 20.2. The van der Waals surface area contributed by atoms with Gasteiger partial charge in [-0.15, -0.1) is 0 Å². The molecule has 0 aliphatic carbocycles. The molecule has 0 spiro atoms. The molecule has 4 N–H and O–H groups in total. The van der Waals surface area contributed by atoms with Gasteiger partial charge in [-0.1, -0.05) is 35.5 Å². The lowest BCUT2D eigenvalue weighted by atomic mass is 10.1. The Hall–Kier alpha value is -5.64. The molecule has 40 heavy (non-hydrogen) atoms. The molecule has 200 valence electrons. The van der Waals surface area contributed by atoms with Gasteiger partial charge >= 0.3 is 11.9 Å². The van der Waals surface area contributed by atoms with E-state index in [4.69, 9.17) is 0 Å². The van der Waals surface area contributed by atoms with Crippen molar-refractivity contribution in [1.29, 1.82) is 5.26 Å². The van der Waals surface area contributed by atoms with Crippen molar-refractivity contribution in [3.8, 4) is 17.5 Å². The van der Waals surface area contributed by atoms with E-state index in [2.05, 4.69) is 30.3 Å². The van der Waals surface area contributed by atoms with Gasteiger partial charge in [0.15, 0.2) is 5.82 Å². The fourth-order valence-electron chi connectivity index (χ4n) is 4.07. The number of rotatable bonds is 6. The van der Waals surface area contributed by atoms with Crippen molar-refractivity contribution in [3.63, 3.8) is 0 Å². The van der Waals surface area contributed by atoms with Crippen LogP contribution in [0.5, 0.6) is 0 Å². The molecule has 10 nitrogen and oxygen atoms in total. The van der Waals surface area contributed by atoms with E-state index in [-0.39, 0.29) is 40.3 Å². The van der Waals surface area contributed by atoms with Crippen LogP contribution >= 0.6 is 0 Å². The Kier molecular flexibility index (Phi) is 6.66. The average molecular weight is 546 g/mol. The molecule has 0 saturated carbocycles. The molecule has 0 bridgehead atoms. The number of H-pyrrole nitrogens is 2. The number of carbonyl (C=O) groups excluding carboxylic acids is 2. The van der Waals surface area contributed by atoms with Gasteiger partial charge in [0, 0.05) is 10.9 Å². The molecule has 0 saturated heterocycles. The van der Waals surface area contributed by atoms with Gasteiger partial charge < -0.3 is 15.6 Å². The molecule has 0 atom stereocenters. The van der Waals surface area contributed by atoms with E-state index in [0.717, 1.165) is 12.1 Å². The van der Waals surface area contributed by atoms with Crippen molar-refractivity contribution < 1.29 is 27.3 Å². The standard InChI is InChI=1S/C27H17F3N6O4/c28-27(29,30)17-5-1-3-14(9-17)11-22(37)32-20-6-2-4-16-12-21(33-23(16)20)25(38)34-19-8-7-15(13-31)10-18(19)24-35-26(39)40-36-24/h1-10,12,33H,11H2,(H,32,37)(H,34,38)(H,35,36,39). The number of benzene rings is 3. The third kappa shape index (κ3) is 5.46. The number of para-hydroxylation sites is 1. The molecule has 5 aromatic rings. The molecule has 3 aromatic carbocycles. The summed E-state index contributed by atoms with van der Waals surface area (Å²) in [4.78, 5) is 42.5. The Morgan fingerprint density at radius 1 is 0.975 bits per heavy atom. The first-order chi connectivity index (χ1) is 19.1. The number of hydrogen-bond donors (Lipinski definition) is 4. The van der Waals surface area contributed by atoms with Crippen LogP contribution in [-0.4, -0.2) is 26.9 Å². The highest BCUT2D eigenvalue weighted by atomic mass is 19.4. The number of aromatic amines is 2. The lowest BCUT2D eigenvalue weighted by Crippen LogP contribution is -2.15. The van der Waals surface area contributed by atoms with E-state index in [1.807, 2.05) is 6.07 Å². The number of carbonyl (C=O) groups is 2. The normalized spacial score (nSPS) is 11.2. The van der Waals surface area contributed by atoms with Gasteiger partial charge in [-0.25, -0.2) is 4.79 Å². The molecule has 13 heteroatoms. The smallest absolute Gasteiger partial charge is 0.349 e. The first-order valence-electron chi connectivity index (χ1n) is 11.6. The number of amides is 2. The molecule has 0 fully saturated rings. The second-order valence-electron chi connectivity index (χ2n) is 8.65. The molecule has 2 aromatic heterocycles. The SMILES string of the molecule is N#Cc1ccc(NC(=O)c2cc3cccc(NC(=O)Cc4cccc(C(F)(F)F)c4)c3[nH]2)c(-c2noc(=O)[nH]2)c1. The number of aromatic nitrogens is 3. The fraction of sp³-hybridized carbons (Fsp3) is 0.0741. The summed E-state index contributed by atoms with van der Waals surface area (Å²) in [5.41, 5.74) is 0.960. The van der Waals surface area contributed by atoms with Crippen molar-refractivity contribution >= 4 is 34.1 Å². The van der Waals surface area contributed by atoms with Crippen LogP contribution in [0, 0.1) is 11.3 Å². The summed E-state index contributed by atoms with van der Waals surface area (Å²) >= 11 is 0. The van der Waals surface area contributed by atoms with Gasteiger partial charge in [0.05, 0.1) is 40.5 Å². The molecule has 2 heterocycles. The Morgan fingerprint density at radius 2 is 1.77 bits per heavy atom. The maximum absolute atomic E-state index is 13.1. The van der Waals surface area contributed by atoms with E-state index in [1.54, 1.807) is 24.3 Å². The highest BCUT2D eigenvalue weighted by Crippen LogP contribution is 2.30. The average Bonchev–Trinajstić information content (AvgIpc) is 3.55. The van der Waals surface area contributed by atoms with Gasteiger partial charge in [-0.2, -0.15) is 18.4 Å². The third-order valence-electron chi connectivity index (χ3n) is 5.89. The molecule has 5 rings (SSSR count). The van der Waals surface area contributed by atoms with E-state index >= 15 is 0 Å². The summed E-state index contributed by atoms with van der Waals surface area (Å²) in [6, 6.07) is 17.3. The number of hydrogen-bond acceptors (Lipinski definition) is 6. The zero-order chi connectivity index (χ0) is 28.4. The van der Waals surface area contributed by atoms with E-state index in [9.17, 15) is 32.8 Å². The van der Waals surface area contributed by atoms with Crippen molar-refractivity contribution in [1.82, 2.24) is 15.1 Å². The monoisotopic (exact) mass is 546 g/mol. The van der Waals surface area contributed by atoms with Crippen LogP contribution in [0.2, 0.25) is 0 Å². The first-order valence-corrected chi connectivity index (χ1v) is 11.6. The van der Waals surface area contributed by atoms with E-state index < -0.39 is 29.3 Å². The number of halogens is 3. The largest absolute Gasteiger partial charge is 0.439 e.